The molecule has 2 aliphatic rings. The molecule has 0 bridgehead atoms. The SMILES string of the molecule is c1ccc2c(c1)N(c1ccc3cc4ccccc4cc3c1)C(C1N(c3ccc4cc5ccccc5cc4c3)c3ccccc3N1c1ccc3cc4ccccc4cc3c1)N2c1ccc2cc3ccccc3cc2c1. The summed E-state index contributed by atoms with van der Waals surface area (Å²) in [5.74, 6) is 0. The molecule has 0 fully saturated rings. The van der Waals surface area contributed by atoms with Crippen molar-refractivity contribution >= 4 is 132 Å². The molecule has 0 aliphatic carbocycles. The summed E-state index contributed by atoms with van der Waals surface area (Å²) in [7, 11) is 0. The molecule has 0 saturated heterocycles. The summed E-state index contributed by atoms with van der Waals surface area (Å²) in [5.41, 5.74) is 9.14. The van der Waals surface area contributed by atoms with Crippen LogP contribution in [0.4, 0.5) is 45.5 Å². The van der Waals surface area contributed by atoms with Crippen molar-refractivity contribution in [3.63, 3.8) is 0 Å². The zero-order valence-electron chi connectivity index (χ0n) is 40.3. The van der Waals surface area contributed by atoms with E-state index < -0.39 is 0 Å². The molecule has 0 radical (unpaired) electrons. The van der Waals surface area contributed by atoms with Crippen LogP contribution in [0.3, 0.4) is 0 Å². The van der Waals surface area contributed by atoms with Crippen LogP contribution in [0.25, 0.3) is 86.2 Å². The van der Waals surface area contributed by atoms with Gasteiger partial charge in [0.15, 0.2) is 12.3 Å². The van der Waals surface area contributed by atoms with Crippen molar-refractivity contribution in [1.29, 1.82) is 0 Å². The molecule has 0 unspecified atom stereocenters. The predicted molar refractivity (Wildman–Crippen MR) is 315 cm³/mol. The van der Waals surface area contributed by atoms with Crippen molar-refractivity contribution in [2.24, 2.45) is 0 Å². The molecule has 4 heteroatoms. The largest absolute Gasteiger partial charge is 0.314 e. The Morgan fingerprint density at radius 1 is 0.162 bits per heavy atom. The van der Waals surface area contributed by atoms with Crippen LogP contribution in [0.2, 0.25) is 0 Å². The van der Waals surface area contributed by atoms with Crippen molar-refractivity contribution in [2.45, 2.75) is 12.3 Å². The smallest absolute Gasteiger partial charge is 0.151 e. The second kappa shape index (κ2) is 15.9. The van der Waals surface area contributed by atoms with E-state index in [2.05, 4.69) is 287 Å². The fraction of sp³-hybridized carbons (Fsp3) is 0.0286. The molecule has 2 aliphatic heterocycles. The number of rotatable bonds is 5. The van der Waals surface area contributed by atoms with Crippen LogP contribution in [0.5, 0.6) is 0 Å². The van der Waals surface area contributed by atoms with Gasteiger partial charge in [-0.2, -0.15) is 0 Å². The first-order chi connectivity index (χ1) is 36.6. The van der Waals surface area contributed by atoms with Crippen LogP contribution in [-0.4, -0.2) is 12.3 Å². The molecule has 0 atom stereocenters. The van der Waals surface area contributed by atoms with Crippen LogP contribution < -0.4 is 19.6 Å². The molecule has 14 aromatic rings. The highest BCUT2D eigenvalue weighted by atomic mass is 15.5. The summed E-state index contributed by atoms with van der Waals surface area (Å²) in [4.78, 5) is 10.5. The number of fused-ring (bicyclic) bond motifs is 10. The lowest BCUT2D eigenvalue weighted by Gasteiger charge is -2.44. The Morgan fingerprint density at radius 3 is 0.554 bits per heavy atom. The second-order valence-electron chi connectivity index (χ2n) is 20.2. The first-order valence-corrected chi connectivity index (χ1v) is 25.7. The molecule has 0 amide bonds. The number of para-hydroxylation sites is 4. The van der Waals surface area contributed by atoms with Gasteiger partial charge in [0.25, 0.3) is 0 Å². The molecule has 0 aromatic heterocycles. The first kappa shape index (κ1) is 41.0. The molecule has 14 aromatic carbocycles. The van der Waals surface area contributed by atoms with Gasteiger partial charge in [-0.05, 0) is 208 Å². The lowest BCUT2D eigenvalue weighted by molar-refractivity contribution is 0.550. The van der Waals surface area contributed by atoms with E-state index in [1.165, 1.54) is 86.2 Å². The minimum Gasteiger partial charge on any atom is -0.314 e. The highest BCUT2D eigenvalue weighted by Gasteiger charge is 2.51. The fourth-order valence-electron chi connectivity index (χ4n) is 12.6. The number of nitrogens with zero attached hydrogens (tertiary/aromatic N) is 4. The average Bonchev–Trinajstić information content (AvgIpc) is 3.99. The first-order valence-electron chi connectivity index (χ1n) is 25.7. The zero-order valence-corrected chi connectivity index (χ0v) is 40.3. The molecule has 74 heavy (non-hydrogen) atoms. The zero-order chi connectivity index (χ0) is 48.4. The number of hydrogen-bond acceptors (Lipinski definition) is 4. The molecular formula is C70H46N4. The van der Waals surface area contributed by atoms with E-state index in [9.17, 15) is 0 Å². The van der Waals surface area contributed by atoms with Gasteiger partial charge in [0, 0.05) is 22.7 Å². The average molecular weight is 943 g/mol. The molecule has 0 spiro atoms. The van der Waals surface area contributed by atoms with Crippen molar-refractivity contribution in [3.05, 3.63) is 267 Å². The van der Waals surface area contributed by atoms with Gasteiger partial charge in [-0.15, -0.1) is 0 Å². The Labute approximate surface area is 428 Å². The lowest BCUT2D eigenvalue weighted by Crippen LogP contribution is -2.58. The van der Waals surface area contributed by atoms with Gasteiger partial charge in [0.1, 0.15) is 0 Å². The second-order valence-corrected chi connectivity index (χ2v) is 20.2. The third-order valence-corrected chi connectivity index (χ3v) is 16.0. The monoisotopic (exact) mass is 942 g/mol. The molecular weight excluding hydrogens is 897 g/mol. The summed E-state index contributed by atoms with van der Waals surface area (Å²) >= 11 is 0. The van der Waals surface area contributed by atoms with Crippen molar-refractivity contribution in [2.75, 3.05) is 19.6 Å². The van der Waals surface area contributed by atoms with Crippen molar-refractivity contribution in [3.8, 4) is 0 Å². The highest BCUT2D eigenvalue weighted by Crippen LogP contribution is 2.57. The molecule has 16 rings (SSSR count). The van der Waals surface area contributed by atoms with Crippen molar-refractivity contribution < 1.29 is 0 Å². The van der Waals surface area contributed by atoms with E-state index in [-0.39, 0.29) is 12.3 Å². The Balaban J connectivity index is 0.984. The van der Waals surface area contributed by atoms with Gasteiger partial charge in [0.2, 0.25) is 0 Å². The number of benzene rings is 14. The Bertz CT molecular complexity index is 4050. The van der Waals surface area contributed by atoms with Crippen LogP contribution in [0, 0.1) is 0 Å². The number of hydrogen-bond donors (Lipinski definition) is 0. The highest BCUT2D eigenvalue weighted by molar-refractivity contribution is 6.06. The lowest BCUT2D eigenvalue weighted by atomic mass is 10.0. The Kier molecular flexibility index (Phi) is 8.83. The predicted octanol–water partition coefficient (Wildman–Crippen LogP) is 18.8. The standard InChI is InChI=1S/C70H46N4/c1-5-17-49-37-57-41-61(29-25-53(57)33-45(49)13-1)71-65-21-9-10-22-66(65)72(62-30-26-54-34-46-14-2-6-18-50(46)38-58(54)42-62)69(71)70-73(63-31-27-55-35-47-15-3-7-19-51(47)39-59(55)43-63)67-23-11-12-24-68(67)74(70)64-32-28-56-36-48-16-4-8-20-52(48)40-60(56)44-64/h1-44,69-70H. The minimum atomic E-state index is -0.324. The van der Waals surface area contributed by atoms with Crippen molar-refractivity contribution in [1.82, 2.24) is 0 Å². The molecule has 2 heterocycles. The maximum atomic E-state index is 2.63. The van der Waals surface area contributed by atoms with E-state index in [4.69, 9.17) is 0 Å². The summed E-state index contributed by atoms with van der Waals surface area (Å²) < 4.78 is 0. The molecule has 0 N–H and O–H groups in total. The number of anilines is 8. The van der Waals surface area contributed by atoms with Gasteiger partial charge in [0.05, 0.1) is 22.7 Å². The van der Waals surface area contributed by atoms with Gasteiger partial charge in [-0.25, -0.2) is 0 Å². The van der Waals surface area contributed by atoms with Gasteiger partial charge in [-0.1, -0.05) is 146 Å². The molecule has 346 valence electrons. The molecule has 4 nitrogen and oxygen atoms in total. The van der Waals surface area contributed by atoms with Gasteiger partial charge >= 0.3 is 0 Å². The molecule has 0 saturated carbocycles. The van der Waals surface area contributed by atoms with Crippen LogP contribution in [-0.2, 0) is 0 Å². The summed E-state index contributed by atoms with van der Waals surface area (Å²) in [6.07, 6.45) is -0.648. The summed E-state index contributed by atoms with van der Waals surface area (Å²) in [5, 5.41) is 19.6. The van der Waals surface area contributed by atoms with Crippen LogP contribution in [0.15, 0.2) is 267 Å². The minimum absolute atomic E-state index is 0.324. The Morgan fingerprint density at radius 2 is 0.338 bits per heavy atom. The van der Waals surface area contributed by atoms with Gasteiger partial charge < -0.3 is 19.6 Å². The summed E-state index contributed by atoms with van der Waals surface area (Å²) in [6.45, 7) is 0. The normalized spacial score (nSPS) is 14.0. The maximum Gasteiger partial charge on any atom is 0.151 e. The quantitative estimate of drug-likeness (QED) is 0.159. The van der Waals surface area contributed by atoms with E-state index in [0.29, 0.717) is 0 Å². The fourth-order valence-corrected chi connectivity index (χ4v) is 12.6. The van der Waals surface area contributed by atoms with Gasteiger partial charge in [-0.3, -0.25) is 0 Å². The van der Waals surface area contributed by atoms with E-state index in [1.54, 1.807) is 0 Å². The van der Waals surface area contributed by atoms with E-state index in [0.717, 1.165) is 45.5 Å². The van der Waals surface area contributed by atoms with Crippen LogP contribution >= 0.6 is 0 Å². The Hall–Kier alpha value is -9.64. The summed E-state index contributed by atoms with van der Waals surface area (Å²) in [6, 6.07) is 100. The third kappa shape index (κ3) is 6.35. The van der Waals surface area contributed by atoms with E-state index in [1.807, 2.05) is 0 Å². The topological polar surface area (TPSA) is 13.0 Å². The maximum absolute atomic E-state index is 2.63. The third-order valence-electron chi connectivity index (χ3n) is 16.0. The van der Waals surface area contributed by atoms with E-state index >= 15 is 0 Å². The van der Waals surface area contributed by atoms with Crippen LogP contribution in [0.1, 0.15) is 0 Å².